The van der Waals surface area contributed by atoms with Crippen LogP contribution in [0.3, 0.4) is 0 Å². The fraction of sp³-hybridized carbons (Fsp3) is 0.143. The van der Waals surface area contributed by atoms with E-state index in [9.17, 15) is 4.79 Å². The summed E-state index contributed by atoms with van der Waals surface area (Å²) in [6.07, 6.45) is 3.05. The number of pyridine rings is 1. The third kappa shape index (κ3) is 2.51. The SMILES string of the molecule is CCN(C(=O)c1ccncc1Cl)c1ccccc1. The van der Waals surface area contributed by atoms with Crippen molar-refractivity contribution in [2.45, 2.75) is 6.92 Å². The Morgan fingerprint density at radius 2 is 2.00 bits per heavy atom. The van der Waals surface area contributed by atoms with E-state index >= 15 is 0 Å². The van der Waals surface area contributed by atoms with E-state index in [1.807, 2.05) is 37.3 Å². The Kier molecular flexibility index (Phi) is 3.95. The Hall–Kier alpha value is -1.87. The lowest BCUT2D eigenvalue weighted by Gasteiger charge is -2.21. The van der Waals surface area contributed by atoms with E-state index in [4.69, 9.17) is 11.6 Å². The van der Waals surface area contributed by atoms with E-state index in [0.717, 1.165) is 5.69 Å². The van der Waals surface area contributed by atoms with Crippen molar-refractivity contribution in [1.29, 1.82) is 0 Å². The minimum Gasteiger partial charge on any atom is -0.309 e. The number of hydrogen-bond donors (Lipinski definition) is 0. The van der Waals surface area contributed by atoms with Gasteiger partial charge in [-0.3, -0.25) is 9.78 Å². The number of amides is 1. The Bertz CT molecular complexity index is 543. The highest BCUT2D eigenvalue weighted by atomic mass is 35.5. The molecule has 0 N–H and O–H groups in total. The number of carbonyl (C=O) groups is 1. The number of halogens is 1. The Morgan fingerprint density at radius 1 is 1.28 bits per heavy atom. The van der Waals surface area contributed by atoms with Crippen LogP contribution >= 0.6 is 11.6 Å². The maximum absolute atomic E-state index is 12.4. The molecule has 0 atom stereocenters. The molecular weight excluding hydrogens is 248 g/mol. The minimum absolute atomic E-state index is 0.115. The molecule has 4 heteroatoms. The average Bonchev–Trinajstić information content (AvgIpc) is 2.41. The van der Waals surface area contributed by atoms with Crippen LogP contribution in [-0.2, 0) is 0 Å². The molecule has 2 rings (SSSR count). The van der Waals surface area contributed by atoms with Gasteiger partial charge < -0.3 is 4.90 Å². The summed E-state index contributed by atoms with van der Waals surface area (Å²) in [6, 6.07) is 11.2. The highest BCUT2D eigenvalue weighted by Gasteiger charge is 2.18. The number of para-hydroxylation sites is 1. The molecule has 0 unspecified atom stereocenters. The Morgan fingerprint density at radius 3 is 2.61 bits per heavy atom. The van der Waals surface area contributed by atoms with Crippen molar-refractivity contribution in [2.24, 2.45) is 0 Å². The topological polar surface area (TPSA) is 33.2 Å². The normalized spacial score (nSPS) is 10.1. The molecule has 1 heterocycles. The lowest BCUT2D eigenvalue weighted by atomic mass is 10.2. The van der Waals surface area contributed by atoms with Gasteiger partial charge in [0.05, 0.1) is 10.6 Å². The Labute approximate surface area is 111 Å². The monoisotopic (exact) mass is 260 g/mol. The molecule has 18 heavy (non-hydrogen) atoms. The lowest BCUT2D eigenvalue weighted by Crippen LogP contribution is -2.30. The zero-order valence-electron chi connectivity index (χ0n) is 10.0. The molecule has 1 aromatic heterocycles. The third-order valence-electron chi connectivity index (χ3n) is 2.63. The predicted octanol–water partition coefficient (Wildman–Crippen LogP) is 3.40. The van der Waals surface area contributed by atoms with Crippen molar-refractivity contribution in [3.05, 3.63) is 59.4 Å². The molecule has 0 bridgehead atoms. The number of carbonyl (C=O) groups excluding carboxylic acids is 1. The maximum atomic E-state index is 12.4. The first-order chi connectivity index (χ1) is 8.74. The van der Waals surface area contributed by atoms with Crippen molar-refractivity contribution in [1.82, 2.24) is 4.98 Å². The summed E-state index contributed by atoms with van der Waals surface area (Å²) in [5.74, 6) is -0.115. The van der Waals surface area contributed by atoms with Crippen molar-refractivity contribution >= 4 is 23.2 Å². The molecule has 0 aliphatic heterocycles. The smallest absolute Gasteiger partial charge is 0.259 e. The van der Waals surface area contributed by atoms with Crippen LogP contribution in [0, 0.1) is 0 Å². The number of anilines is 1. The van der Waals surface area contributed by atoms with Gasteiger partial charge in [0.25, 0.3) is 5.91 Å². The minimum atomic E-state index is -0.115. The summed E-state index contributed by atoms with van der Waals surface area (Å²) in [7, 11) is 0. The van der Waals surface area contributed by atoms with Crippen LogP contribution in [0.1, 0.15) is 17.3 Å². The van der Waals surface area contributed by atoms with Crippen LogP contribution < -0.4 is 4.90 Å². The van der Waals surface area contributed by atoms with Gasteiger partial charge in [-0.25, -0.2) is 0 Å². The zero-order chi connectivity index (χ0) is 13.0. The van der Waals surface area contributed by atoms with Gasteiger partial charge in [0, 0.05) is 24.6 Å². The Balaban J connectivity index is 2.35. The van der Waals surface area contributed by atoms with Crippen molar-refractivity contribution in [2.75, 3.05) is 11.4 Å². The molecule has 0 saturated carbocycles. The fourth-order valence-electron chi connectivity index (χ4n) is 1.75. The molecular formula is C14H13ClN2O. The molecule has 0 saturated heterocycles. The first-order valence-electron chi connectivity index (χ1n) is 5.70. The van der Waals surface area contributed by atoms with Gasteiger partial charge in [0.1, 0.15) is 0 Å². The van der Waals surface area contributed by atoms with Crippen molar-refractivity contribution in [3.63, 3.8) is 0 Å². The van der Waals surface area contributed by atoms with Crippen LogP contribution in [-0.4, -0.2) is 17.4 Å². The average molecular weight is 261 g/mol. The van der Waals surface area contributed by atoms with Gasteiger partial charge in [0.2, 0.25) is 0 Å². The number of aromatic nitrogens is 1. The van der Waals surface area contributed by atoms with Crippen LogP contribution in [0.15, 0.2) is 48.8 Å². The summed E-state index contributed by atoms with van der Waals surface area (Å²) < 4.78 is 0. The standard InChI is InChI=1S/C14H13ClN2O/c1-2-17(11-6-4-3-5-7-11)14(18)12-8-9-16-10-13(12)15/h3-10H,2H2,1H3. The number of rotatable bonds is 3. The van der Waals surface area contributed by atoms with Crippen LogP contribution in [0.5, 0.6) is 0 Å². The van der Waals surface area contributed by atoms with E-state index in [1.165, 1.54) is 6.20 Å². The second-order valence-electron chi connectivity index (χ2n) is 3.74. The predicted molar refractivity (Wildman–Crippen MR) is 73.0 cm³/mol. The molecule has 2 aromatic rings. The van der Waals surface area contributed by atoms with E-state index in [-0.39, 0.29) is 5.91 Å². The molecule has 0 radical (unpaired) electrons. The first kappa shape index (κ1) is 12.6. The summed E-state index contributed by atoms with van der Waals surface area (Å²) in [6.45, 7) is 2.52. The molecule has 1 amide bonds. The third-order valence-corrected chi connectivity index (χ3v) is 2.93. The number of hydrogen-bond acceptors (Lipinski definition) is 2. The summed E-state index contributed by atoms with van der Waals surface area (Å²) in [5.41, 5.74) is 1.33. The molecule has 0 spiro atoms. The second kappa shape index (κ2) is 5.65. The van der Waals surface area contributed by atoms with Crippen LogP contribution in [0.25, 0.3) is 0 Å². The van der Waals surface area contributed by atoms with Gasteiger partial charge in [-0.05, 0) is 25.1 Å². The van der Waals surface area contributed by atoms with E-state index in [0.29, 0.717) is 17.1 Å². The molecule has 0 aliphatic carbocycles. The largest absolute Gasteiger partial charge is 0.309 e. The summed E-state index contributed by atoms with van der Waals surface area (Å²) in [4.78, 5) is 18.0. The second-order valence-corrected chi connectivity index (χ2v) is 4.15. The molecule has 3 nitrogen and oxygen atoms in total. The fourth-order valence-corrected chi connectivity index (χ4v) is 1.95. The summed E-state index contributed by atoms with van der Waals surface area (Å²) in [5, 5.41) is 0.372. The molecule has 0 aliphatic rings. The summed E-state index contributed by atoms with van der Waals surface area (Å²) >= 11 is 6.00. The quantitative estimate of drug-likeness (QED) is 0.847. The molecule has 0 fully saturated rings. The van der Waals surface area contributed by atoms with Gasteiger partial charge in [-0.1, -0.05) is 29.8 Å². The van der Waals surface area contributed by atoms with Crippen molar-refractivity contribution in [3.8, 4) is 0 Å². The van der Waals surface area contributed by atoms with E-state index < -0.39 is 0 Å². The van der Waals surface area contributed by atoms with Gasteiger partial charge in [-0.2, -0.15) is 0 Å². The lowest BCUT2D eigenvalue weighted by molar-refractivity contribution is 0.0988. The zero-order valence-corrected chi connectivity index (χ0v) is 10.8. The van der Waals surface area contributed by atoms with Gasteiger partial charge >= 0.3 is 0 Å². The van der Waals surface area contributed by atoms with Crippen LogP contribution in [0.4, 0.5) is 5.69 Å². The highest BCUT2D eigenvalue weighted by molar-refractivity contribution is 6.34. The van der Waals surface area contributed by atoms with Gasteiger partial charge in [-0.15, -0.1) is 0 Å². The van der Waals surface area contributed by atoms with E-state index in [1.54, 1.807) is 17.2 Å². The van der Waals surface area contributed by atoms with Crippen LogP contribution in [0.2, 0.25) is 5.02 Å². The maximum Gasteiger partial charge on any atom is 0.259 e. The molecule has 1 aromatic carbocycles. The van der Waals surface area contributed by atoms with E-state index in [2.05, 4.69) is 4.98 Å². The molecule has 92 valence electrons. The first-order valence-corrected chi connectivity index (χ1v) is 6.08. The van der Waals surface area contributed by atoms with Crippen molar-refractivity contribution < 1.29 is 4.79 Å². The number of nitrogens with zero attached hydrogens (tertiary/aromatic N) is 2. The number of benzene rings is 1. The highest BCUT2D eigenvalue weighted by Crippen LogP contribution is 2.20. The van der Waals surface area contributed by atoms with Gasteiger partial charge in [0.15, 0.2) is 0 Å².